The molecule has 3 atom stereocenters. The van der Waals surface area contributed by atoms with Crippen molar-refractivity contribution >= 4 is 26.6 Å². The molecule has 5 nitrogen and oxygen atoms in total. The molecule has 1 N–H and O–H groups in total. The van der Waals surface area contributed by atoms with Gasteiger partial charge < -0.3 is 5.11 Å². The van der Waals surface area contributed by atoms with Gasteiger partial charge in [0.05, 0.1) is 11.7 Å². The van der Waals surface area contributed by atoms with Crippen LogP contribution in [0.3, 0.4) is 0 Å². The van der Waals surface area contributed by atoms with Crippen molar-refractivity contribution in [1.29, 1.82) is 0 Å². The van der Waals surface area contributed by atoms with E-state index in [0.717, 1.165) is 6.26 Å². The third-order valence-electron chi connectivity index (χ3n) is 2.16. The van der Waals surface area contributed by atoms with Gasteiger partial charge in [-0.1, -0.05) is 6.92 Å². The smallest absolute Gasteiger partial charge is 0.307 e. The van der Waals surface area contributed by atoms with E-state index in [2.05, 4.69) is 0 Å². The zero-order chi connectivity index (χ0) is 12.2. The molecule has 0 fully saturated rings. The molecule has 0 rings (SSSR count). The Balaban J connectivity index is 4.29. The predicted molar refractivity (Wildman–Crippen MR) is 59.0 cm³/mol. The minimum atomic E-state index is -3.14. The zero-order valence-corrected chi connectivity index (χ0v) is 10.6. The van der Waals surface area contributed by atoms with Crippen LogP contribution in [0.1, 0.15) is 13.8 Å². The summed E-state index contributed by atoms with van der Waals surface area (Å²) in [5.41, 5.74) is 0. The van der Waals surface area contributed by atoms with Crippen LogP contribution in [0.2, 0.25) is 0 Å². The standard InChI is InChI=1S/C8H16O5S2/c1-6(8(9)10)7(2)14(11)4-5-15(3,12)13/h6-7H,4-5H2,1-3H3,(H,9,10). The van der Waals surface area contributed by atoms with Gasteiger partial charge in [-0.25, -0.2) is 8.42 Å². The number of carboxylic acids is 1. The molecule has 7 heteroatoms. The van der Waals surface area contributed by atoms with Gasteiger partial charge in [0.25, 0.3) is 0 Å². The van der Waals surface area contributed by atoms with Gasteiger partial charge in [-0.2, -0.15) is 0 Å². The first kappa shape index (κ1) is 14.6. The molecule has 0 bridgehead atoms. The van der Waals surface area contributed by atoms with Gasteiger partial charge in [-0.3, -0.25) is 9.00 Å². The molecule has 0 aromatic carbocycles. The van der Waals surface area contributed by atoms with Gasteiger partial charge in [0.15, 0.2) is 0 Å². The molecule has 0 spiro atoms. The molecule has 0 aliphatic heterocycles. The Hall–Kier alpha value is -0.430. The summed E-state index contributed by atoms with van der Waals surface area (Å²) < 4.78 is 33.1. The second kappa shape index (κ2) is 5.60. The Morgan fingerprint density at radius 1 is 1.40 bits per heavy atom. The van der Waals surface area contributed by atoms with Crippen LogP contribution in [0.5, 0.6) is 0 Å². The third kappa shape index (κ3) is 5.88. The van der Waals surface area contributed by atoms with Crippen LogP contribution in [0.15, 0.2) is 0 Å². The Kier molecular flexibility index (Phi) is 5.44. The largest absolute Gasteiger partial charge is 0.481 e. The van der Waals surface area contributed by atoms with E-state index in [1.54, 1.807) is 6.92 Å². The van der Waals surface area contributed by atoms with Crippen molar-refractivity contribution in [3.63, 3.8) is 0 Å². The molecule has 0 amide bonds. The average molecular weight is 256 g/mol. The van der Waals surface area contributed by atoms with E-state index in [9.17, 15) is 17.4 Å². The lowest BCUT2D eigenvalue weighted by atomic mass is 10.1. The molecule has 0 saturated carbocycles. The molecule has 0 saturated heterocycles. The number of carboxylic acid groups (broad SMARTS) is 1. The fourth-order valence-electron chi connectivity index (χ4n) is 0.848. The maximum absolute atomic E-state index is 11.5. The molecular weight excluding hydrogens is 240 g/mol. The van der Waals surface area contributed by atoms with Crippen LogP contribution in [-0.2, 0) is 25.4 Å². The van der Waals surface area contributed by atoms with Gasteiger partial charge >= 0.3 is 5.97 Å². The van der Waals surface area contributed by atoms with Crippen molar-refractivity contribution in [2.75, 3.05) is 17.8 Å². The van der Waals surface area contributed by atoms with Crippen LogP contribution in [-0.4, -0.2) is 46.7 Å². The van der Waals surface area contributed by atoms with Crippen molar-refractivity contribution in [2.45, 2.75) is 19.1 Å². The van der Waals surface area contributed by atoms with Crippen molar-refractivity contribution in [2.24, 2.45) is 5.92 Å². The SMILES string of the molecule is CC(C(=O)O)C(C)S(=O)CCS(C)(=O)=O. The van der Waals surface area contributed by atoms with E-state index in [1.807, 2.05) is 0 Å². The summed E-state index contributed by atoms with van der Waals surface area (Å²) in [5.74, 6) is -1.92. The van der Waals surface area contributed by atoms with E-state index in [-0.39, 0.29) is 11.5 Å². The number of aliphatic carboxylic acids is 1. The van der Waals surface area contributed by atoms with Gasteiger partial charge in [-0.15, -0.1) is 0 Å². The maximum Gasteiger partial charge on any atom is 0.307 e. The van der Waals surface area contributed by atoms with Crippen LogP contribution in [0.4, 0.5) is 0 Å². The van der Waals surface area contributed by atoms with E-state index in [1.165, 1.54) is 6.92 Å². The fourth-order valence-corrected chi connectivity index (χ4v) is 3.66. The van der Waals surface area contributed by atoms with Gasteiger partial charge in [0.1, 0.15) is 9.84 Å². The Morgan fingerprint density at radius 3 is 2.20 bits per heavy atom. The average Bonchev–Trinajstić information content (AvgIpc) is 2.10. The highest BCUT2D eigenvalue weighted by molar-refractivity contribution is 7.92. The molecule has 0 aliphatic carbocycles. The summed E-state index contributed by atoms with van der Waals surface area (Å²) in [4.78, 5) is 10.6. The van der Waals surface area contributed by atoms with E-state index >= 15 is 0 Å². The summed E-state index contributed by atoms with van der Waals surface area (Å²) in [6.07, 6.45) is 1.06. The first-order chi connectivity index (χ1) is 6.65. The second-order valence-electron chi connectivity index (χ2n) is 3.55. The van der Waals surface area contributed by atoms with Gasteiger partial charge in [0, 0.05) is 28.1 Å². The summed E-state index contributed by atoms with van der Waals surface area (Å²) in [6, 6.07) is 0. The molecule has 0 heterocycles. The highest BCUT2D eigenvalue weighted by Crippen LogP contribution is 2.10. The normalized spacial score (nSPS) is 18.1. The summed E-state index contributed by atoms with van der Waals surface area (Å²) in [7, 11) is -4.56. The molecule has 3 unspecified atom stereocenters. The number of rotatable bonds is 6. The summed E-state index contributed by atoms with van der Waals surface area (Å²) in [5, 5.41) is 8.14. The highest BCUT2D eigenvalue weighted by Gasteiger charge is 2.24. The Labute approximate surface area is 92.2 Å². The van der Waals surface area contributed by atoms with Gasteiger partial charge in [0.2, 0.25) is 0 Å². The summed E-state index contributed by atoms with van der Waals surface area (Å²) in [6.45, 7) is 3.02. The van der Waals surface area contributed by atoms with Crippen molar-refractivity contribution in [3.05, 3.63) is 0 Å². The number of hydrogen-bond donors (Lipinski definition) is 1. The van der Waals surface area contributed by atoms with Gasteiger partial charge in [-0.05, 0) is 6.92 Å². The number of sulfone groups is 1. The summed E-state index contributed by atoms with van der Waals surface area (Å²) >= 11 is 0. The highest BCUT2D eigenvalue weighted by atomic mass is 32.2. The minimum absolute atomic E-state index is 0.00236. The first-order valence-corrected chi connectivity index (χ1v) is 7.87. The van der Waals surface area contributed by atoms with Crippen molar-refractivity contribution in [1.82, 2.24) is 0 Å². The quantitative estimate of drug-likeness (QED) is 0.716. The predicted octanol–water partition coefficient (Wildman–Crippen LogP) is -0.111. The fraction of sp³-hybridized carbons (Fsp3) is 0.875. The minimum Gasteiger partial charge on any atom is -0.481 e. The molecule has 90 valence electrons. The third-order valence-corrected chi connectivity index (χ3v) is 5.21. The Bertz CT molecular complexity index is 346. The van der Waals surface area contributed by atoms with Crippen LogP contribution < -0.4 is 0 Å². The van der Waals surface area contributed by atoms with Crippen molar-refractivity contribution < 1.29 is 22.5 Å². The lowest BCUT2D eigenvalue weighted by Gasteiger charge is -2.14. The lowest BCUT2D eigenvalue weighted by Crippen LogP contribution is -2.29. The van der Waals surface area contributed by atoms with E-state index < -0.39 is 37.8 Å². The first-order valence-electron chi connectivity index (χ1n) is 4.43. The van der Waals surface area contributed by atoms with Crippen LogP contribution >= 0.6 is 0 Å². The molecule has 0 radical (unpaired) electrons. The number of hydrogen-bond acceptors (Lipinski definition) is 4. The van der Waals surface area contributed by atoms with E-state index in [0.29, 0.717) is 0 Å². The molecule has 0 aliphatic rings. The topological polar surface area (TPSA) is 88.5 Å². The second-order valence-corrected chi connectivity index (χ2v) is 7.72. The zero-order valence-electron chi connectivity index (χ0n) is 8.97. The van der Waals surface area contributed by atoms with Crippen LogP contribution in [0, 0.1) is 5.92 Å². The van der Waals surface area contributed by atoms with Crippen molar-refractivity contribution in [3.8, 4) is 0 Å². The lowest BCUT2D eigenvalue weighted by molar-refractivity contribution is -0.141. The molecular formula is C8H16O5S2. The maximum atomic E-state index is 11.5. The molecule has 0 aromatic heterocycles. The number of carbonyl (C=O) groups is 1. The monoisotopic (exact) mass is 256 g/mol. The van der Waals surface area contributed by atoms with Crippen LogP contribution in [0.25, 0.3) is 0 Å². The molecule has 15 heavy (non-hydrogen) atoms. The Morgan fingerprint density at radius 2 is 1.87 bits per heavy atom. The van der Waals surface area contributed by atoms with E-state index in [4.69, 9.17) is 5.11 Å². The molecule has 0 aromatic rings.